The molecule has 2 rings (SSSR count). The van der Waals surface area contributed by atoms with Gasteiger partial charge in [-0.1, -0.05) is 0 Å². The molecule has 0 aliphatic heterocycles. The third-order valence-electron chi connectivity index (χ3n) is 1.60. The molecular weight excluding hydrogens is 238 g/mol. The van der Waals surface area contributed by atoms with Gasteiger partial charge in [0.25, 0.3) is 0 Å². The van der Waals surface area contributed by atoms with E-state index >= 15 is 0 Å². The molecule has 12 heavy (non-hydrogen) atoms. The Bertz CT molecular complexity index is 412. The van der Waals surface area contributed by atoms with Crippen LogP contribution in [0.2, 0.25) is 0 Å². The van der Waals surface area contributed by atoms with Crippen molar-refractivity contribution in [3.05, 3.63) is 28.9 Å². The molecule has 0 fully saturated rings. The fourth-order valence-corrected chi connectivity index (χ4v) is 1.57. The number of fused-ring (bicyclic) bond motifs is 1. The third kappa shape index (κ3) is 1.23. The van der Waals surface area contributed by atoms with Crippen molar-refractivity contribution in [2.45, 2.75) is 5.75 Å². The van der Waals surface area contributed by atoms with Gasteiger partial charge in [0.2, 0.25) is 0 Å². The van der Waals surface area contributed by atoms with Crippen molar-refractivity contribution in [2.24, 2.45) is 0 Å². The number of halogens is 1. The number of aromatic nitrogens is 3. The summed E-state index contributed by atoms with van der Waals surface area (Å²) in [5, 5.41) is 0. The highest BCUT2D eigenvalue weighted by Gasteiger charge is 2.01. The minimum atomic E-state index is 0.678. The molecule has 0 amide bonds. The van der Waals surface area contributed by atoms with Crippen LogP contribution < -0.4 is 0 Å². The Morgan fingerprint density at radius 1 is 1.42 bits per heavy atom. The molecule has 3 nitrogen and oxygen atoms in total. The fourth-order valence-electron chi connectivity index (χ4n) is 1.03. The molecule has 2 heterocycles. The van der Waals surface area contributed by atoms with Gasteiger partial charge in [-0.3, -0.25) is 4.40 Å². The van der Waals surface area contributed by atoms with Crippen molar-refractivity contribution in [2.75, 3.05) is 0 Å². The number of nitrogens with zero attached hydrogens (tertiary/aromatic N) is 3. The molecule has 0 aliphatic rings. The molecule has 0 N–H and O–H groups in total. The first-order valence-electron chi connectivity index (χ1n) is 3.39. The first kappa shape index (κ1) is 8.07. The van der Waals surface area contributed by atoms with Gasteiger partial charge in [-0.15, -0.1) is 0 Å². The second kappa shape index (κ2) is 3.06. The number of thiol groups is 1. The summed E-state index contributed by atoms with van der Waals surface area (Å²) in [6.07, 6.45) is 5.40. The van der Waals surface area contributed by atoms with E-state index in [9.17, 15) is 0 Å². The van der Waals surface area contributed by atoms with E-state index in [0.717, 1.165) is 15.9 Å². The monoisotopic (exact) mass is 243 g/mol. The highest BCUT2D eigenvalue weighted by molar-refractivity contribution is 9.10. The highest BCUT2D eigenvalue weighted by Crippen LogP contribution is 2.11. The Balaban J connectivity index is 2.75. The molecule has 62 valence electrons. The van der Waals surface area contributed by atoms with E-state index in [2.05, 4.69) is 38.5 Å². The van der Waals surface area contributed by atoms with Gasteiger partial charge in [0.1, 0.15) is 4.60 Å². The Hall–Kier alpha value is -0.550. The van der Waals surface area contributed by atoms with E-state index in [1.54, 1.807) is 12.4 Å². The van der Waals surface area contributed by atoms with Crippen molar-refractivity contribution in [3.8, 4) is 0 Å². The molecule has 0 spiro atoms. The molecule has 0 saturated carbocycles. The third-order valence-corrected chi connectivity index (χ3v) is 2.34. The summed E-state index contributed by atoms with van der Waals surface area (Å²) >= 11 is 7.49. The standard InChI is InChI=1S/C7H6BrN3S/c8-6-3-11-5(4-12)1-10-7(11)2-9-6/h1-3,12H,4H2. The lowest BCUT2D eigenvalue weighted by molar-refractivity contribution is 1.05. The quantitative estimate of drug-likeness (QED) is 0.777. The van der Waals surface area contributed by atoms with E-state index in [4.69, 9.17) is 0 Å². The minimum Gasteiger partial charge on any atom is -0.299 e. The molecule has 0 unspecified atom stereocenters. The van der Waals surface area contributed by atoms with Crippen LogP contribution in [0.5, 0.6) is 0 Å². The molecule has 2 aromatic rings. The SMILES string of the molecule is SCc1cnc2cnc(Br)cn12. The maximum Gasteiger partial charge on any atom is 0.155 e. The predicted molar refractivity (Wildman–Crippen MR) is 53.4 cm³/mol. The summed E-state index contributed by atoms with van der Waals surface area (Å²) in [5.74, 6) is 0.678. The summed E-state index contributed by atoms with van der Waals surface area (Å²) in [6.45, 7) is 0. The van der Waals surface area contributed by atoms with Crippen LogP contribution in [0.15, 0.2) is 23.2 Å². The molecule has 0 atom stereocenters. The molecule has 0 radical (unpaired) electrons. The summed E-state index contributed by atoms with van der Waals surface area (Å²) in [5.41, 5.74) is 1.92. The normalized spacial score (nSPS) is 10.8. The molecule has 0 saturated heterocycles. The van der Waals surface area contributed by atoms with Crippen LogP contribution in [0.1, 0.15) is 5.69 Å². The van der Waals surface area contributed by atoms with Gasteiger partial charge in [0.05, 0.1) is 18.1 Å². The largest absolute Gasteiger partial charge is 0.299 e. The zero-order valence-electron chi connectivity index (χ0n) is 6.11. The van der Waals surface area contributed by atoms with E-state index in [1.165, 1.54) is 0 Å². The second-order valence-corrected chi connectivity index (χ2v) is 3.47. The molecule has 0 aromatic carbocycles. The maximum absolute atomic E-state index is 4.19. The van der Waals surface area contributed by atoms with Gasteiger partial charge in [0, 0.05) is 11.9 Å². The van der Waals surface area contributed by atoms with Crippen LogP contribution in [-0.2, 0) is 5.75 Å². The lowest BCUT2D eigenvalue weighted by Gasteiger charge is -1.96. The average Bonchev–Trinajstić information content (AvgIpc) is 2.46. The summed E-state index contributed by atoms with van der Waals surface area (Å²) in [7, 11) is 0. The number of rotatable bonds is 1. The van der Waals surface area contributed by atoms with Crippen LogP contribution >= 0.6 is 28.6 Å². The van der Waals surface area contributed by atoms with E-state index < -0.39 is 0 Å². The van der Waals surface area contributed by atoms with Gasteiger partial charge >= 0.3 is 0 Å². The van der Waals surface area contributed by atoms with Crippen LogP contribution in [0.25, 0.3) is 5.65 Å². The fraction of sp³-hybridized carbons (Fsp3) is 0.143. The summed E-state index contributed by atoms with van der Waals surface area (Å²) in [4.78, 5) is 8.22. The van der Waals surface area contributed by atoms with E-state index in [-0.39, 0.29) is 0 Å². The molecular formula is C7H6BrN3S. The van der Waals surface area contributed by atoms with Gasteiger partial charge in [-0.05, 0) is 15.9 Å². The van der Waals surface area contributed by atoms with Gasteiger partial charge in [-0.25, -0.2) is 9.97 Å². The first-order chi connectivity index (χ1) is 5.81. The van der Waals surface area contributed by atoms with Crippen molar-refractivity contribution in [3.63, 3.8) is 0 Å². The van der Waals surface area contributed by atoms with Crippen LogP contribution in [0, 0.1) is 0 Å². The summed E-state index contributed by atoms with van der Waals surface area (Å²) < 4.78 is 2.76. The Morgan fingerprint density at radius 3 is 3.00 bits per heavy atom. The average molecular weight is 244 g/mol. The maximum atomic E-state index is 4.19. The second-order valence-electron chi connectivity index (χ2n) is 2.35. The minimum absolute atomic E-state index is 0.678. The van der Waals surface area contributed by atoms with Crippen LogP contribution in [0.4, 0.5) is 0 Å². The van der Waals surface area contributed by atoms with E-state index in [1.807, 2.05) is 10.6 Å². The van der Waals surface area contributed by atoms with E-state index in [0.29, 0.717) is 5.75 Å². The Kier molecular flexibility index (Phi) is 2.06. The Morgan fingerprint density at radius 2 is 2.25 bits per heavy atom. The van der Waals surface area contributed by atoms with Gasteiger partial charge in [-0.2, -0.15) is 12.6 Å². The lowest BCUT2D eigenvalue weighted by Crippen LogP contribution is -1.90. The van der Waals surface area contributed by atoms with Crippen molar-refractivity contribution >= 4 is 34.2 Å². The van der Waals surface area contributed by atoms with Crippen LogP contribution in [0.3, 0.4) is 0 Å². The van der Waals surface area contributed by atoms with Crippen molar-refractivity contribution in [1.29, 1.82) is 0 Å². The highest BCUT2D eigenvalue weighted by atomic mass is 79.9. The van der Waals surface area contributed by atoms with Gasteiger partial charge < -0.3 is 0 Å². The molecule has 0 bridgehead atoms. The Labute approximate surface area is 83.4 Å². The van der Waals surface area contributed by atoms with Crippen molar-refractivity contribution in [1.82, 2.24) is 14.4 Å². The number of hydrogen-bond donors (Lipinski definition) is 1. The topological polar surface area (TPSA) is 30.2 Å². The zero-order chi connectivity index (χ0) is 8.55. The lowest BCUT2D eigenvalue weighted by atomic mass is 10.5. The van der Waals surface area contributed by atoms with Crippen molar-refractivity contribution < 1.29 is 0 Å². The van der Waals surface area contributed by atoms with Gasteiger partial charge in [0.15, 0.2) is 5.65 Å². The molecule has 5 heteroatoms. The first-order valence-corrected chi connectivity index (χ1v) is 4.82. The van der Waals surface area contributed by atoms with Crippen LogP contribution in [-0.4, -0.2) is 14.4 Å². The smallest absolute Gasteiger partial charge is 0.155 e. The summed E-state index contributed by atoms with van der Waals surface area (Å²) in [6, 6.07) is 0. The number of hydrogen-bond acceptors (Lipinski definition) is 3. The zero-order valence-corrected chi connectivity index (χ0v) is 8.59. The predicted octanol–water partition coefficient (Wildman–Crippen LogP) is 1.92. The molecule has 0 aliphatic carbocycles. The number of imidazole rings is 1. The molecule has 2 aromatic heterocycles.